The van der Waals surface area contributed by atoms with E-state index < -0.39 is 0 Å². The molecule has 0 saturated carbocycles. The van der Waals surface area contributed by atoms with Gasteiger partial charge in [0.25, 0.3) is 0 Å². The van der Waals surface area contributed by atoms with Gasteiger partial charge in [-0.3, -0.25) is 4.90 Å². The maximum atomic E-state index is 9.00. The molecule has 0 aromatic carbocycles. The van der Waals surface area contributed by atoms with Crippen LogP contribution in [-0.2, 0) is 4.74 Å². The van der Waals surface area contributed by atoms with Gasteiger partial charge in [-0.05, 0) is 19.3 Å². The van der Waals surface area contributed by atoms with Crippen LogP contribution in [0.25, 0.3) is 0 Å². The van der Waals surface area contributed by atoms with Crippen molar-refractivity contribution in [3.05, 3.63) is 0 Å². The minimum atomic E-state index is 0.240. The Balaban J connectivity index is 3.80. The quantitative estimate of drug-likeness (QED) is 0.567. The van der Waals surface area contributed by atoms with Gasteiger partial charge in [0.15, 0.2) is 0 Å². The summed E-state index contributed by atoms with van der Waals surface area (Å²) in [4.78, 5) is 2.33. The smallest absolute Gasteiger partial charge is 0.0593 e. The van der Waals surface area contributed by atoms with E-state index in [1.54, 1.807) is 0 Å². The van der Waals surface area contributed by atoms with Crippen molar-refractivity contribution in [1.29, 1.82) is 0 Å². The molecule has 0 aromatic heterocycles. The summed E-state index contributed by atoms with van der Waals surface area (Å²) < 4.78 is 5.48. The van der Waals surface area contributed by atoms with Gasteiger partial charge in [-0.25, -0.2) is 0 Å². The van der Waals surface area contributed by atoms with Crippen molar-refractivity contribution in [3.8, 4) is 0 Å². The fourth-order valence-corrected chi connectivity index (χ4v) is 1.84. The summed E-state index contributed by atoms with van der Waals surface area (Å²) >= 11 is 0. The van der Waals surface area contributed by atoms with Crippen LogP contribution in [0.15, 0.2) is 0 Å². The summed E-state index contributed by atoms with van der Waals surface area (Å²) in [6.45, 7) is 10.1. The summed E-state index contributed by atoms with van der Waals surface area (Å²) in [5, 5.41) is 9.00. The number of aliphatic hydroxyl groups excluding tert-OH is 1. The molecule has 3 heteroatoms. The first-order valence-electron chi connectivity index (χ1n) is 6.22. The molecule has 0 radical (unpaired) electrons. The standard InChI is InChI=1S/C12H27NO2/c1-4-10-15-11-8-13(7-9-14)12(5-2)6-3/h12,14H,4-11H2,1-3H3. The highest BCUT2D eigenvalue weighted by Crippen LogP contribution is 2.07. The maximum absolute atomic E-state index is 9.00. The van der Waals surface area contributed by atoms with Crippen LogP contribution >= 0.6 is 0 Å². The molecule has 0 fully saturated rings. The van der Waals surface area contributed by atoms with Crippen LogP contribution in [0.4, 0.5) is 0 Å². The van der Waals surface area contributed by atoms with Crippen molar-refractivity contribution < 1.29 is 9.84 Å². The summed E-state index contributed by atoms with van der Waals surface area (Å²) in [6.07, 6.45) is 3.36. The molecule has 0 atom stereocenters. The molecule has 0 aliphatic carbocycles. The van der Waals surface area contributed by atoms with E-state index in [1.165, 1.54) is 0 Å². The molecule has 0 rings (SSSR count). The lowest BCUT2D eigenvalue weighted by Gasteiger charge is -2.29. The molecule has 0 amide bonds. The third-order valence-electron chi connectivity index (χ3n) is 2.72. The predicted octanol–water partition coefficient (Wildman–Crippen LogP) is 1.90. The summed E-state index contributed by atoms with van der Waals surface area (Å²) in [5.41, 5.74) is 0. The van der Waals surface area contributed by atoms with Crippen LogP contribution in [0.3, 0.4) is 0 Å². The molecule has 0 bridgehead atoms. The Labute approximate surface area is 94.4 Å². The number of rotatable bonds is 10. The molecule has 0 unspecified atom stereocenters. The molecule has 0 aliphatic heterocycles. The SMILES string of the molecule is CCCOCCN(CCO)C(CC)CC. The second kappa shape index (κ2) is 10.4. The number of aliphatic hydroxyl groups is 1. The minimum Gasteiger partial charge on any atom is -0.395 e. The summed E-state index contributed by atoms with van der Waals surface area (Å²) in [5.74, 6) is 0. The van der Waals surface area contributed by atoms with Crippen molar-refractivity contribution >= 4 is 0 Å². The fraction of sp³-hybridized carbons (Fsp3) is 1.00. The van der Waals surface area contributed by atoms with Crippen molar-refractivity contribution in [2.75, 3.05) is 32.9 Å². The molecule has 0 spiro atoms. The lowest BCUT2D eigenvalue weighted by molar-refractivity contribution is 0.0740. The second-order valence-electron chi connectivity index (χ2n) is 3.84. The van der Waals surface area contributed by atoms with E-state index in [0.29, 0.717) is 6.04 Å². The summed E-state index contributed by atoms with van der Waals surface area (Å²) in [6, 6.07) is 0.586. The Bertz CT molecular complexity index is 127. The van der Waals surface area contributed by atoms with Crippen molar-refractivity contribution in [2.24, 2.45) is 0 Å². The van der Waals surface area contributed by atoms with Gasteiger partial charge < -0.3 is 9.84 Å². The van der Waals surface area contributed by atoms with Crippen molar-refractivity contribution in [2.45, 2.75) is 46.1 Å². The first-order chi connectivity index (χ1) is 7.29. The zero-order chi connectivity index (χ0) is 11.5. The van der Waals surface area contributed by atoms with Gasteiger partial charge in [-0.1, -0.05) is 20.8 Å². The van der Waals surface area contributed by atoms with Crippen LogP contribution in [0.5, 0.6) is 0 Å². The molecular formula is C12H27NO2. The van der Waals surface area contributed by atoms with Gasteiger partial charge in [-0.15, -0.1) is 0 Å². The first kappa shape index (κ1) is 14.9. The van der Waals surface area contributed by atoms with E-state index in [-0.39, 0.29) is 6.61 Å². The average molecular weight is 217 g/mol. The van der Waals surface area contributed by atoms with Gasteiger partial charge >= 0.3 is 0 Å². The monoisotopic (exact) mass is 217 g/mol. The first-order valence-corrected chi connectivity index (χ1v) is 6.22. The Kier molecular flexibility index (Phi) is 10.3. The van der Waals surface area contributed by atoms with Crippen LogP contribution in [-0.4, -0.2) is 49.0 Å². The van der Waals surface area contributed by atoms with Crippen molar-refractivity contribution in [3.63, 3.8) is 0 Å². The van der Waals surface area contributed by atoms with E-state index in [1.807, 2.05) is 0 Å². The highest BCUT2D eigenvalue weighted by molar-refractivity contribution is 4.68. The highest BCUT2D eigenvalue weighted by Gasteiger charge is 2.13. The Hall–Kier alpha value is -0.120. The van der Waals surface area contributed by atoms with Crippen LogP contribution < -0.4 is 0 Å². The molecule has 1 N–H and O–H groups in total. The lowest BCUT2D eigenvalue weighted by Crippen LogP contribution is -2.39. The van der Waals surface area contributed by atoms with E-state index in [2.05, 4.69) is 25.7 Å². The van der Waals surface area contributed by atoms with Gasteiger partial charge in [0.2, 0.25) is 0 Å². The van der Waals surface area contributed by atoms with Crippen LogP contribution in [0.2, 0.25) is 0 Å². The summed E-state index contributed by atoms with van der Waals surface area (Å²) in [7, 11) is 0. The van der Waals surface area contributed by atoms with E-state index >= 15 is 0 Å². The number of ether oxygens (including phenoxy) is 1. The largest absolute Gasteiger partial charge is 0.395 e. The fourth-order valence-electron chi connectivity index (χ4n) is 1.84. The van der Waals surface area contributed by atoms with Crippen LogP contribution in [0, 0.1) is 0 Å². The highest BCUT2D eigenvalue weighted by atomic mass is 16.5. The second-order valence-corrected chi connectivity index (χ2v) is 3.84. The van der Waals surface area contributed by atoms with Gasteiger partial charge in [0.05, 0.1) is 13.2 Å². The molecule has 0 aromatic rings. The third-order valence-corrected chi connectivity index (χ3v) is 2.72. The van der Waals surface area contributed by atoms with Crippen LogP contribution in [0.1, 0.15) is 40.0 Å². The number of hydrogen-bond acceptors (Lipinski definition) is 3. The maximum Gasteiger partial charge on any atom is 0.0593 e. The third kappa shape index (κ3) is 6.88. The molecule has 0 aliphatic rings. The molecule has 0 heterocycles. The Morgan fingerprint density at radius 1 is 1.07 bits per heavy atom. The van der Waals surface area contributed by atoms with E-state index in [4.69, 9.17) is 9.84 Å². The van der Waals surface area contributed by atoms with Crippen molar-refractivity contribution in [1.82, 2.24) is 4.90 Å². The zero-order valence-electron chi connectivity index (χ0n) is 10.5. The molecule has 15 heavy (non-hydrogen) atoms. The van der Waals surface area contributed by atoms with Gasteiger partial charge in [0, 0.05) is 25.7 Å². The van der Waals surface area contributed by atoms with Gasteiger partial charge in [0.1, 0.15) is 0 Å². The zero-order valence-corrected chi connectivity index (χ0v) is 10.5. The minimum absolute atomic E-state index is 0.240. The molecule has 92 valence electrons. The lowest BCUT2D eigenvalue weighted by atomic mass is 10.1. The number of hydrogen-bond donors (Lipinski definition) is 1. The molecule has 0 saturated heterocycles. The molecular weight excluding hydrogens is 190 g/mol. The Morgan fingerprint density at radius 3 is 2.20 bits per heavy atom. The van der Waals surface area contributed by atoms with Gasteiger partial charge in [-0.2, -0.15) is 0 Å². The number of nitrogens with zero attached hydrogens (tertiary/aromatic N) is 1. The average Bonchev–Trinajstić information content (AvgIpc) is 2.26. The topological polar surface area (TPSA) is 32.7 Å². The molecule has 3 nitrogen and oxygen atoms in total. The normalized spacial score (nSPS) is 11.6. The Morgan fingerprint density at radius 2 is 1.73 bits per heavy atom. The van der Waals surface area contributed by atoms with E-state index in [9.17, 15) is 0 Å². The predicted molar refractivity (Wildman–Crippen MR) is 64.1 cm³/mol. The van der Waals surface area contributed by atoms with E-state index in [0.717, 1.165) is 45.6 Å².